The molecule has 0 radical (unpaired) electrons. The van der Waals surface area contributed by atoms with Crippen molar-refractivity contribution in [2.45, 2.75) is 20.4 Å². The Morgan fingerprint density at radius 3 is 2.59 bits per heavy atom. The first kappa shape index (κ1) is 11.9. The summed E-state index contributed by atoms with van der Waals surface area (Å²) in [6, 6.07) is 8.46. The monoisotopic (exact) mass is 229 g/mol. The van der Waals surface area contributed by atoms with Crippen molar-refractivity contribution in [1.82, 2.24) is 15.1 Å². The first-order valence-corrected chi connectivity index (χ1v) is 5.88. The summed E-state index contributed by atoms with van der Waals surface area (Å²) in [4.78, 5) is 0. The summed E-state index contributed by atoms with van der Waals surface area (Å²) >= 11 is 0. The van der Waals surface area contributed by atoms with E-state index in [9.17, 15) is 0 Å². The summed E-state index contributed by atoms with van der Waals surface area (Å²) in [7, 11) is 3.96. The minimum absolute atomic E-state index is 0.834. The molecule has 0 aliphatic heterocycles. The van der Waals surface area contributed by atoms with Crippen molar-refractivity contribution in [3.05, 3.63) is 41.2 Å². The topological polar surface area (TPSA) is 29.9 Å². The van der Waals surface area contributed by atoms with Gasteiger partial charge < -0.3 is 5.32 Å². The van der Waals surface area contributed by atoms with Gasteiger partial charge in [0.15, 0.2) is 0 Å². The summed E-state index contributed by atoms with van der Waals surface area (Å²) < 4.78 is 1.97. The second-order valence-electron chi connectivity index (χ2n) is 4.38. The Balaban J connectivity index is 2.62. The van der Waals surface area contributed by atoms with Gasteiger partial charge in [0.25, 0.3) is 0 Å². The Labute approximate surface area is 102 Å². The van der Waals surface area contributed by atoms with Gasteiger partial charge in [-0.15, -0.1) is 0 Å². The quantitative estimate of drug-likeness (QED) is 0.876. The molecule has 1 heterocycles. The molecule has 0 spiro atoms. The number of benzene rings is 1. The highest BCUT2D eigenvalue weighted by molar-refractivity contribution is 5.71. The molecule has 3 nitrogen and oxygen atoms in total. The van der Waals surface area contributed by atoms with Crippen LogP contribution in [0.5, 0.6) is 0 Å². The number of nitrogens with zero attached hydrogens (tertiary/aromatic N) is 2. The number of hydrogen-bond acceptors (Lipinski definition) is 2. The van der Waals surface area contributed by atoms with Crippen molar-refractivity contribution < 1.29 is 0 Å². The summed E-state index contributed by atoms with van der Waals surface area (Å²) in [6.45, 7) is 5.05. The molecule has 2 aromatic rings. The largest absolute Gasteiger partial charge is 0.314 e. The molecular formula is C14H19N3. The molecule has 0 unspecified atom stereocenters. The van der Waals surface area contributed by atoms with Crippen molar-refractivity contribution in [2.75, 3.05) is 7.05 Å². The van der Waals surface area contributed by atoms with E-state index in [0.717, 1.165) is 12.2 Å². The molecular weight excluding hydrogens is 210 g/mol. The van der Waals surface area contributed by atoms with Crippen molar-refractivity contribution in [1.29, 1.82) is 0 Å². The van der Waals surface area contributed by atoms with Crippen molar-refractivity contribution in [2.24, 2.45) is 7.05 Å². The highest BCUT2D eigenvalue weighted by Crippen LogP contribution is 2.29. The van der Waals surface area contributed by atoms with Gasteiger partial charge in [-0.05, 0) is 32.0 Å². The normalized spacial score (nSPS) is 10.8. The van der Waals surface area contributed by atoms with Crippen LogP contribution in [0.1, 0.15) is 17.0 Å². The summed E-state index contributed by atoms with van der Waals surface area (Å²) in [5.74, 6) is 0. The van der Waals surface area contributed by atoms with Crippen LogP contribution < -0.4 is 5.32 Å². The van der Waals surface area contributed by atoms with Crippen LogP contribution in [0.4, 0.5) is 0 Å². The van der Waals surface area contributed by atoms with E-state index in [1.54, 1.807) is 0 Å². The second kappa shape index (κ2) is 4.72. The molecule has 0 saturated heterocycles. The smallest absolute Gasteiger partial charge is 0.0675 e. The Kier molecular flexibility index (Phi) is 3.29. The molecule has 0 saturated carbocycles. The predicted molar refractivity (Wildman–Crippen MR) is 70.9 cm³/mol. The van der Waals surface area contributed by atoms with Crippen molar-refractivity contribution in [3.8, 4) is 11.1 Å². The third-order valence-electron chi connectivity index (χ3n) is 3.10. The molecule has 0 aliphatic carbocycles. The fourth-order valence-electron chi connectivity index (χ4n) is 2.28. The third-order valence-corrected chi connectivity index (χ3v) is 3.10. The zero-order valence-corrected chi connectivity index (χ0v) is 10.9. The van der Waals surface area contributed by atoms with Gasteiger partial charge in [-0.3, -0.25) is 4.68 Å². The van der Waals surface area contributed by atoms with Crippen LogP contribution in [0.15, 0.2) is 24.3 Å². The van der Waals surface area contributed by atoms with Gasteiger partial charge in [-0.25, -0.2) is 0 Å². The van der Waals surface area contributed by atoms with E-state index in [-0.39, 0.29) is 0 Å². The van der Waals surface area contributed by atoms with Crippen molar-refractivity contribution >= 4 is 0 Å². The Morgan fingerprint density at radius 2 is 1.94 bits per heavy atom. The van der Waals surface area contributed by atoms with Gasteiger partial charge in [0.05, 0.1) is 11.4 Å². The van der Waals surface area contributed by atoms with Gasteiger partial charge in [-0.2, -0.15) is 5.10 Å². The fraction of sp³-hybridized carbons (Fsp3) is 0.357. The number of hydrogen-bond donors (Lipinski definition) is 1. The minimum atomic E-state index is 0.834. The van der Waals surface area contributed by atoms with Crippen LogP contribution >= 0.6 is 0 Å². The molecule has 0 aliphatic rings. The number of nitrogens with one attached hydrogen (secondary N) is 1. The third kappa shape index (κ3) is 2.11. The lowest BCUT2D eigenvalue weighted by Crippen LogP contribution is -2.10. The van der Waals surface area contributed by atoms with E-state index in [4.69, 9.17) is 0 Å². The van der Waals surface area contributed by atoms with Crippen LogP contribution in [0.3, 0.4) is 0 Å². The molecule has 3 heteroatoms. The van der Waals surface area contributed by atoms with E-state index in [1.807, 2.05) is 18.8 Å². The van der Waals surface area contributed by atoms with Gasteiger partial charge in [-0.1, -0.05) is 24.3 Å². The minimum Gasteiger partial charge on any atom is -0.314 e. The molecule has 0 atom stereocenters. The van der Waals surface area contributed by atoms with Gasteiger partial charge in [0.2, 0.25) is 0 Å². The number of rotatable bonds is 3. The molecule has 0 bridgehead atoms. The fourth-order valence-corrected chi connectivity index (χ4v) is 2.28. The summed E-state index contributed by atoms with van der Waals surface area (Å²) in [6.07, 6.45) is 0. The van der Waals surface area contributed by atoms with Crippen LogP contribution in [-0.2, 0) is 13.6 Å². The zero-order chi connectivity index (χ0) is 12.4. The maximum absolute atomic E-state index is 4.52. The van der Waals surface area contributed by atoms with Crippen LogP contribution in [0, 0.1) is 13.8 Å². The van der Waals surface area contributed by atoms with Gasteiger partial charge >= 0.3 is 0 Å². The predicted octanol–water partition coefficient (Wildman–Crippen LogP) is 2.42. The second-order valence-corrected chi connectivity index (χ2v) is 4.38. The maximum atomic E-state index is 4.52. The molecule has 1 aromatic carbocycles. The molecule has 2 rings (SSSR count). The zero-order valence-electron chi connectivity index (χ0n) is 10.9. The number of aromatic nitrogens is 2. The van der Waals surface area contributed by atoms with E-state index in [0.29, 0.717) is 0 Å². The standard InChI is InChI=1S/C14H19N3/c1-10-7-5-6-8-12(10)14-11(2)16-17(4)13(14)9-15-3/h5-8,15H,9H2,1-4H3. The average molecular weight is 229 g/mol. The molecule has 0 amide bonds. The Morgan fingerprint density at radius 1 is 1.24 bits per heavy atom. The van der Waals surface area contributed by atoms with E-state index < -0.39 is 0 Å². The summed E-state index contributed by atoms with van der Waals surface area (Å²) in [5, 5.41) is 7.73. The average Bonchev–Trinajstić information content (AvgIpc) is 2.56. The molecule has 90 valence electrons. The Hall–Kier alpha value is -1.61. The highest BCUT2D eigenvalue weighted by atomic mass is 15.3. The Bertz CT molecular complexity index is 526. The highest BCUT2D eigenvalue weighted by Gasteiger charge is 2.15. The van der Waals surface area contributed by atoms with Crippen molar-refractivity contribution in [3.63, 3.8) is 0 Å². The van der Waals surface area contributed by atoms with Gasteiger partial charge in [0.1, 0.15) is 0 Å². The lowest BCUT2D eigenvalue weighted by atomic mass is 9.98. The first-order valence-electron chi connectivity index (χ1n) is 5.88. The molecule has 1 aromatic heterocycles. The maximum Gasteiger partial charge on any atom is 0.0675 e. The van der Waals surface area contributed by atoms with Crippen LogP contribution in [-0.4, -0.2) is 16.8 Å². The molecule has 17 heavy (non-hydrogen) atoms. The number of aryl methyl sites for hydroxylation is 3. The molecule has 1 N–H and O–H groups in total. The van der Waals surface area contributed by atoms with Crippen LogP contribution in [0.25, 0.3) is 11.1 Å². The lowest BCUT2D eigenvalue weighted by molar-refractivity contribution is 0.669. The van der Waals surface area contributed by atoms with E-state index in [1.165, 1.54) is 22.4 Å². The van der Waals surface area contributed by atoms with E-state index in [2.05, 4.69) is 48.5 Å². The summed E-state index contributed by atoms with van der Waals surface area (Å²) in [5.41, 5.74) is 6.16. The van der Waals surface area contributed by atoms with Crippen LogP contribution in [0.2, 0.25) is 0 Å². The van der Waals surface area contributed by atoms with E-state index >= 15 is 0 Å². The first-order chi connectivity index (χ1) is 8.15. The van der Waals surface area contributed by atoms with Gasteiger partial charge in [0, 0.05) is 19.2 Å². The lowest BCUT2D eigenvalue weighted by Gasteiger charge is -2.09. The SMILES string of the molecule is CNCc1c(-c2ccccc2C)c(C)nn1C. The molecule has 0 fully saturated rings.